The molecule has 1 N–H and O–H groups in total. The van der Waals surface area contributed by atoms with Gasteiger partial charge in [0.2, 0.25) is 12.3 Å². The highest BCUT2D eigenvalue weighted by Gasteiger charge is 2.58. The standard InChI is InChI=1S/C30H34N2O8/c1-4-25(40-29(36)39-17-20-10-6-5-7-11-20)21(22(18-37-2)27(34)38-3)16-26-30(14-15-32(26)19-33)23-12-8-9-13-24(23)31-28(30)35/h5-13,18-19,21,25-26H,4,14-17H2,1-3H3,(H,31,35)/b22-18+/t21-,25-,26+,30+/m1/s1. The van der Waals surface area contributed by atoms with Crippen molar-refractivity contribution in [1.29, 1.82) is 0 Å². The fraction of sp³-hybridized carbons (Fsp3) is 0.400. The number of hydrogen-bond acceptors (Lipinski definition) is 8. The van der Waals surface area contributed by atoms with Gasteiger partial charge in [0.25, 0.3) is 0 Å². The van der Waals surface area contributed by atoms with Gasteiger partial charge in [-0.1, -0.05) is 55.5 Å². The molecule has 2 aromatic rings. The highest BCUT2D eigenvalue weighted by Crippen LogP contribution is 2.50. The number of nitrogens with zero attached hydrogens (tertiary/aromatic N) is 1. The van der Waals surface area contributed by atoms with Crippen molar-refractivity contribution in [2.45, 2.75) is 50.4 Å². The zero-order valence-corrected chi connectivity index (χ0v) is 22.8. The summed E-state index contributed by atoms with van der Waals surface area (Å²) in [5.41, 5.74) is 1.36. The molecule has 2 aromatic carbocycles. The van der Waals surface area contributed by atoms with Crippen LogP contribution in [0.15, 0.2) is 66.4 Å². The fourth-order valence-electron chi connectivity index (χ4n) is 5.87. The summed E-state index contributed by atoms with van der Waals surface area (Å²) in [4.78, 5) is 53.1. The smallest absolute Gasteiger partial charge is 0.504 e. The Labute approximate surface area is 233 Å². The fourth-order valence-corrected chi connectivity index (χ4v) is 5.87. The summed E-state index contributed by atoms with van der Waals surface area (Å²) in [5, 5.41) is 2.96. The molecule has 10 heteroatoms. The number of fused-ring (bicyclic) bond motifs is 2. The van der Waals surface area contributed by atoms with Gasteiger partial charge in [-0.05, 0) is 36.5 Å². The van der Waals surface area contributed by atoms with E-state index in [0.717, 1.165) is 17.5 Å². The maximum absolute atomic E-state index is 13.5. The van der Waals surface area contributed by atoms with Crippen LogP contribution >= 0.6 is 0 Å². The van der Waals surface area contributed by atoms with Gasteiger partial charge in [0, 0.05) is 18.2 Å². The zero-order valence-electron chi connectivity index (χ0n) is 22.8. The summed E-state index contributed by atoms with van der Waals surface area (Å²) in [5.74, 6) is -1.68. The quantitative estimate of drug-likeness (QED) is 0.193. The van der Waals surface area contributed by atoms with E-state index in [0.29, 0.717) is 25.1 Å². The van der Waals surface area contributed by atoms with E-state index in [1.54, 1.807) is 4.90 Å². The van der Waals surface area contributed by atoms with Gasteiger partial charge in [0.05, 0.1) is 37.5 Å². The lowest BCUT2D eigenvalue weighted by Gasteiger charge is -2.37. The number of para-hydroxylation sites is 1. The Morgan fingerprint density at radius 3 is 2.52 bits per heavy atom. The average molecular weight is 551 g/mol. The molecule has 212 valence electrons. The van der Waals surface area contributed by atoms with Crippen molar-refractivity contribution in [3.63, 3.8) is 0 Å². The molecule has 0 bridgehead atoms. The number of anilines is 1. The average Bonchev–Trinajstić information content (AvgIpc) is 3.49. The molecule has 2 aliphatic heterocycles. The van der Waals surface area contributed by atoms with Crippen LogP contribution in [-0.2, 0) is 45.4 Å². The number of nitrogens with one attached hydrogen (secondary N) is 1. The monoisotopic (exact) mass is 550 g/mol. The summed E-state index contributed by atoms with van der Waals surface area (Å²) in [6.45, 7) is 2.17. The van der Waals surface area contributed by atoms with Crippen LogP contribution in [0.3, 0.4) is 0 Å². The lowest BCUT2D eigenvalue weighted by atomic mass is 9.70. The summed E-state index contributed by atoms with van der Waals surface area (Å²) >= 11 is 0. The number of likely N-dealkylation sites (tertiary alicyclic amines) is 1. The summed E-state index contributed by atoms with van der Waals surface area (Å²) in [6.07, 6.45) is 1.06. The molecule has 4 rings (SSSR count). The van der Waals surface area contributed by atoms with Crippen LogP contribution in [0.5, 0.6) is 0 Å². The molecule has 0 unspecified atom stereocenters. The lowest BCUT2D eigenvalue weighted by Crippen LogP contribution is -2.49. The molecule has 2 heterocycles. The highest BCUT2D eigenvalue weighted by molar-refractivity contribution is 6.07. The van der Waals surface area contributed by atoms with E-state index in [2.05, 4.69) is 5.32 Å². The molecule has 1 spiro atoms. The van der Waals surface area contributed by atoms with Crippen LogP contribution in [0.2, 0.25) is 0 Å². The number of hydrogen-bond donors (Lipinski definition) is 1. The second-order valence-corrected chi connectivity index (χ2v) is 9.81. The van der Waals surface area contributed by atoms with Gasteiger partial charge in [-0.2, -0.15) is 0 Å². The van der Waals surface area contributed by atoms with Crippen LogP contribution < -0.4 is 5.32 Å². The molecule has 1 saturated heterocycles. The first-order valence-electron chi connectivity index (χ1n) is 13.2. The number of methoxy groups -OCH3 is 2. The third-order valence-corrected chi connectivity index (χ3v) is 7.77. The number of benzene rings is 2. The van der Waals surface area contributed by atoms with Gasteiger partial charge in [0.15, 0.2) is 0 Å². The Morgan fingerprint density at radius 2 is 1.85 bits per heavy atom. The Hall–Kier alpha value is -4.34. The second kappa shape index (κ2) is 12.7. The maximum atomic E-state index is 13.5. The first kappa shape index (κ1) is 28.7. The van der Waals surface area contributed by atoms with E-state index < -0.39 is 35.6 Å². The second-order valence-electron chi connectivity index (χ2n) is 9.81. The van der Waals surface area contributed by atoms with Crippen LogP contribution in [-0.4, -0.2) is 62.3 Å². The summed E-state index contributed by atoms with van der Waals surface area (Å²) < 4.78 is 21.4. The lowest BCUT2D eigenvalue weighted by molar-refractivity contribution is -0.137. The molecule has 2 aliphatic rings. The predicted molar refractivity (Wildman–Crippen MR) is 145 cm³/mol. The van der Waals surface area contributed by atoms with Crippen molar-refractivity contribution in [2.24, 2.45) is 5.92 Å². The number of rotatable bonds is 11. The zero-order chi connectivity index (χ0) is 28.7. The normalized spacial score (nSPS) is 21.3. The SMILES string of the molecule is CC[C@@H](OC(=O)OCc1ccccc1)[C@H](C[C@@H]1N(C=O)CC[C@@]12C(=O)Nc1ccccc12)/C(=C\OC)C(=O)OC. The van der Waals surface area contributed by atoms with E-state index in [1.165, 1.54) is 20.5 Å². The van der Waals surface area contributed by atoms with Gasteiger partial charge in [-0.25, -0.2) is 9.59 Å². The number of carbonyl (C=O) groups excluding carboxylic acids is 4. The molecule has 10 nitrogen and oxygen atoms in total. The number of ether oxygens (including phenoxy) is 4. The van der Waals surface area contributed by atoms with Crippen LogP contribution in [0.1, 0.15) is 37.3 Å². The van der Waals surface area contributed by atoms with Crippen molar-refractivity contribution < 1.29 is 38.1 Å². The number of carbonyl (C=O) groups is 4. The topological polar surface area (TPSA) is 120 Å². The Morgan fingerprint density at radius 1 is 1.12 bits per heavy atom. The van der Waals surface area contributed by atoms with Gasteiger partial charge < -0.3 is 29.2 Å². The summed E-state index contributed by atoms with van der Waals surface area (Å²) in [6, 6.07) is 15.9. The molecular formula is C30H34N2O8. The number of amides is 2. The largest absolute Gasteiger partial charge is 0.508 e. The third kappa shape index (κ3) is 5.52. The van der Waals surface area contributed by atoms with Crippen LogP contribution in [0.4, 0.5) is 10.5 Å². The number of esters is 1. The molecule has 1 fully saturated rings. The minimum Gasteiger partial charge on any atom is -0.504 e. The van der Waals surface area contributed by atoms with E-state index in [-0.39, 0.29) is 24.5 Å². The highest BCUT2D eigenvalue weighted by atomic mass is 16.7. The van der Waals surface area contributed by atoms with E-state index in [4.69, 9.17) is 18.9 Å². The molecule has 0 aliphatic carbocycles. The van der Waals surface area contributed by atoms with Gasteiger partial charge in [0.1, 0.15) is 12.7 Å². The first-order chi connectivity index (χ1) is 19.4. The molecule has 0 aromatic heterocycles. The Balaban J connectivity index is 1.68. The van der Waals surface area contributed by atoms with Gasteiger partial charge in [-0.3, -0.25) is 9.59 Å². The van der Waals surface area contributed by atoms with Crippen LogP contribution in [0.25, 0.3) is 0 Å². The van der Waals surface area contributed by atoms with E-state index >= 15 is 0 Å². The van der Waals surface area contributed by atoms with Crippen molar-refractivity contribution in [3.8, 4) is 0 Å². The van der Waals surface area contributed by atoms with E-state index in [1.807, 2.05) is 61.5 Å². The maximum Gasteiger partial charge on any atom is 0.508 e. The first-order valence-corrected chi connectivity index (χ1v) is 13.2. The van der Waals surface area contributed by atoms with Gasteiger partial charge in [-0.15, -0.1) is 0 Å². The van der Waals surface area contributed by atoms with Crippen molar-refractivity contribution in [2.75, 3.05) is 26.1 Å². The molecule has 0 saturated carbocycles. The summed E-state index contributed by atoms with van der Waals surface area (Å²) in [7, 11) is 2.64. The molecule has 0 radical (unpaired) electrons. The Kier molecular flexibility index (Phi) is 9.08. The van der Waals surface area contributed by atoms with Gasteiger partial charge >= 0.3 is 12.1 Å². The van der Waals surface area contributed by atoms with E-state index in [9.17, 15) is 19.2 Å². The van der Waals surface area contributed by atoms with Crippen molar-refractivity contribution >= 4 is 30.1 Å². The minimum absolute atomic E-state index is 0.0140. The Bertz CT molecular complexity index is 1260. The molecular weight excluding hydrogens is 516 g/mol. The molecule has 2 amide bonds. The van der Waals surface area contributed by atoms with Crippen molar-refractivity contribution in [1.82, 2.24) is 4.90 Å². The third-order valence-electron chi connectivity index (χ3n) is 7.77. The van der Waals surface area contributed by atoms with Crippen LogP contribution in [0, 0.1) is 5.92 Å². The molecule has 40 heavy (non-hydrogen) atoms. The minimum atomic E-state index is -1.03. The predicted octanol–water partition coefficient (Wildman–Crippen LogP) is 3.95. The molecule has 4 atom stereocenters. The van der Waals surface area contributed by atoms with Crippen molar-refractivity contribution in [3.05, 3.63) is 77.6 Å².